The molecular weight excluding hydrogens is 352 g/mol. The second kappa shape index (κ2) is 20.4. The lowest BCUT2D eigenvalue weighted by molar-refractivity contribution is -0.732. The molecule has 0 N–H and O–H groups in total. The smallest absolute Gasteiger partial charge is 0.245 e. The fraction of sp³-hybridized carbons (Fsp3) is 0.826. The Balaban J connectivity index is 0.00000129. The number of hydrogen-bond acceptors (Lipinski definition) is 3. The van der Waals surface area contributed by atoms with Gasteiger partial charge in [0.05, 0.1) is 13.2 Å². The van der Waals surface area contributed by atoms with Crippen LogP contribution in [0.25, 0.3) is 0 Å². The summed E-state index contributed by atoms with van der Waals surface area (Å²) in [6, 6.07) is 0. The van der Waals surface area contributed by atoms with E-state index in [4.69, 9.17) is 4.74 Å². The van der Waals surface area contributed by atoms with E-state index in [2.05, 4.69) is 41.7 Å². The molecule has 1 aromatic rings. The Morgan fingerprint density at radius 1 is 0.893 bits per heavy atom. The molecule has 28 heavy (non-hydrogen) atoms. The molecular formula is C23H44N2O3. The molecule has 0 bridgehead atoms. The number of rotatable bonds is 17. The highest BCUT2D eigenvalue weighted by atomic mass is 16.5. The van der Waals surface area contributed by atoms with Gasteiger partial charge in [-0.25, -0.2) is 9.13 Å². The number of carbonyl (C=O) groups excluding carboxylic acids is 1. The van der Waals surface area contributed by atoms with E-state index in [1.54, 1.807) is 0 Å². The van der Waals surface area contributed by atoms with Crippen LogP contribution in [-0.2, 0) is 22.8 Å². The number of aliphatic carboxylic acids is 1. The molecule has 0 atom stereocenters. The molecule has 0 saturated heterocycles. The fourth-order valence-corrected chi connectivity index (χ4v) is 2.88. The standard InChI is InChI=1S/C20H39N2O.C3H6O2/c1-3-5-7-9-10-11-12-13-15-21-16-17-22(19-21)20-23-18-14-8-6-4-2;1-2-3(4)5/h16-17,19H,3-15,18,20H2,1-2H3;2H2,1H3,(H,4,5)/q+1;/p-1. The third kappa shape index (κ3) is 18.0. The van der Waals surface area contributed by atoms with Crippen LogP contribution >= 0.6 is 0 Å². The molecule has 0 aromatic carbocycles. The minimum atomic E-state index is -0.995. The maximum absolute atomic E-state index is 9.26. The summed E-state index contributed by atoms with van der Waals surface area (Å²) in [7, 11) is 0. The van der Waals surface area contributed by atoms with Gasteiger partial charge in [0, 0.05) is 5.97 Å². The molecule has 0 radical (unpaired) electrons. The van der Waals surface area contributed by atoms with Crippen molar-refractivity contribution in [2.75, 3.05) is 6.61 Å². The van der Waals surface area contributed by atoms with Gasteiger partial charge in [0.2, 0.25) is 6.33 Å². The molecule has 5 nitrogen and oxygen atoms in total. The second-order valence-electron chi connectivity index (χ2n) is 7.46. The Morgan fingerprint density at radius 2 is 1.43 bits per heavy atom. The number of aryl methyl sites for hydroxylation is 1. The van der Waals surface area contributed by atoms with Gasteiger partial charge < -0.3 is 14.6 Å². The summed E-state index contributed by atoms with van der Waals surface area (Å²) in [4.78, 5) is 9.26. The van der Waals surface area contributed by atoms with Crippen LogP contribution in [0.3, 0.4) is 0 Å². The van der Waals surface area contributed by atoms with Crippen LogP contribution in [0.15, 0.2) is 18.7 Å². The number of imidazole rings is 1. The first kappa shape index (κ1) is 26.6. The van der Waals surface area contributed by atoms with Crippen LogP contribution in [-0.4, -0.2) is 17.1 Å². The number of carboxylic acid groups (broad SMARTS) is 1. The zero-order valence-electron chi connectivity index (χ0n) is 18.7. The molecule has 1 heterocycles. The van der Waals surface area contributed by atoms with Gasteiger partial charge in [0.15, 0.2) is 6.73 Å². The molecule has 0 saturated carbocycles. The fourth-order valence-electron chi connectivity index (χ4n) is 2.88. The van der Waals surface area contributed by atoms with Gasteiger partial charge in [-0.1, -0.05) is 78.6 Å². The van der Waals surface area contributed by atoms with E-state index in [0.717, 1.165) is 13.2 Å². The first-order valence-corrected chi connectivity index (χ1v) is 11.5. The minimum Gasteiger partial charge on any atom is -0.550 e. The first-order valence-electron chi connectivity index (χ1n) is 11.5. The third-order valence-electron chi connectivity index (χ3n) is 4.69. The van der Waals surface area contributed by atoms with E-state index >= 15 is 0 Å². The average molecular weight is 397 g/mol. The average Bonchev–Trinajstić information content (AvgIpc) is 3.15. The number of hydrogen-bond donors (Lipinski definition) is 0. The Morgan fingerprint density at radius 3 is 2.00 bits per heavy atom. The molecule has 0 aliphatic rings. The summed E-state index contributed by atoms with van der Waals surface area (Å²) in [5, 5.41) is 9.26. The van der Waals surface area contributed by atoms with Crippen LogP contribution in [0.1, 0.15) is 104 Å². The quantitative estimate of drug-likeness (QED) is 0.285. The number of unbranched alkanes of at least 4 members (excludes halogenated alkanes) is 10. The summed E-state index contributed by atoms with van der Waals surface area (Å²) in [6.07, 6.45) is 22.7. The Labute approximate surface area is 173 Å². The summed E-state index contributed by atoms with van der Waals surface area (Å²) in [5.41, 5.74) is 0. The summed E-state index contributed by atoms with van der Waals surface area (Å²) in [5.74, 6) is -0.995. The molecule has 0 spiro atoms. The van der Waals surface area contributed by atoms with Crippen LogP contribution in [0.5, 0.6) is 0 Å². The molecule has 164 valence electrons. The Bertz CT molecular complexity index is 460. The molecule has 1 aromatic heterocycles. The van der Waals surface area contributed by atoms with Crippen molar-refractivity contribution in [1.29, 1.82) is 0 Å². The van der Waals surface area contributed by atoms with Crippen molar-refractivity contribution in [3.05, 3.63) is 18.7 Å². The van der Waals surface area contributed by atoms with Crippen LogP contribution in [0, 0.1) is 0 Å². The largest absolute Gasteiger partial charge is 0.550 e. The molecule has 0 amide bonds. The predicted molar refractivity (Wildman–Crippen MR) is 113 cm³/mol. The van der Waals surface area contributed by atoms with Crippen molar-refractivity contribution in [2.24, 2.45) is 0 Å². The zero-order chi connectivity index (χ0) is 20.9. The molecule has 0 fully saturated rings. The van der Waals surface area contributed by atoms with E-state index in [1.165, 1.54) is 84.0 Å². The Hall–Kier alpha value is -1.36. The molecule has 5 heteroatoms. The van der Waals surface area contributed by atoms with Gasteiger partial charge in [-0.2, -0.15) is 0 Å². The van der Waals surface area contributed by atoms with Crippen molar-refractivity contribution in [1.82, 2.24) is 4.57 Å². The first-order chi connectivity index (χ1) is 13.6. The molecule has 0 aliphatic heterocycles. The van der Waals surface area contributed by atoms with Crippen molar-refractivity contribution in [3.8, 4) is 0 Å². The number of nitrogens with zero attached hydrogens (tertiary/aromatic N) is 2. The summed E-state index contributed by atoms with van der Waals surface area (Å²) in [6.45, 7) is 8.77. The topological polar surface area (TPSA) is 58.2 Å². The highest BCUT2D eigenvalue weighted by molar-refractivity contribution is 5.63. The maximum Gasteiger partial charge on any atom is 0.245 e. The van der Waals surface area contributed by atoms with Crippen molar-refractivity contribution >= 4 is 5.97 Å². The van der Waals surface area contributed by atoms with Crippen molar-refractivity contribution in [3.63, 3.8) is 0 Å². The lowest BCUT2D eigenvalue weighted by atomic mass is 10.1. The zero-order valence-corrected chi connectivity index (χ0v) is 18.7. The van der Waals surface area contributed by atoms with Crippen LogP contribution in [0.2, 0.25) is 0 Å². The van der Waals surface area contributed by atoms with Gasteiger partial charge in [0.25, 0.3) is 0 Å². The Kier molecular flexibility index (Phi) is 19.4. The van der Waals surface area contributed by atoms with E-state index in [1.807, 2.05) is 0 Å². The van der Waals surface area contributed by atoms with Gasteiger partial charge in [-0.3, -0.25) is 0 Å². The van der Waals surface area contributed by atoms with Crippen LogP contribution < -0.4 is 9.67 Å². The van der Waals surface area contributed by atoms with Gasteiger partial charge in [0.1, 0.15) is 12.4 Å². The van der Waals surface area contributed by atoms with E-state index in [0.29, 0.717) is 6.73 Å². The highest BCUT2D eigenvalue weighted by Crippen LogP contribution is 2.08. The third-order valence-corrected chi connectivity index (χ3v) is 4.69. The van der Waals surface area contributed by atoms with Crippen molar-refractivity contribution in [2.45, 2.75) is 118 Å². The number of aromatic nitrogens is 2. The van der Waals surface area contributed by atoms with E-state index in [-0.39, 0.29) is 6.42 Å². The minimum absolute atomic E-state index is 0.111. The summed E-state index contributed by atoms with van der Waals surface area (Å²) < 4.78 is 10.2. The molecule has 0 unspecified atom stereocenters. The monoisotopic (exact) mass is 396 g/mol. The molecule has 0 aliphatic carbocycles. The number of carbonyl (C=O) groups is 1. The predicted octanol–water partition coefficient (Wildman–Crippen LogP) is 4.62. The van der Waals surface area contributed by atoms with E-state index in [9.17, 15) is 9.90 Å². The van der Waals surface area contributed by atoms with Gasteiger partial charge >= 0.3 is 0 Å². The van der Waals surface area contributed by atoms with Crippen molar-refractivity contribution < 1.29 is 19.2 Å². The lowest BCUT2D eigenvalue weighted by Gasteiger charge is -2.01. The SMILES string of the molecule is CCC(=O)[O-].CCCCCCCCCCn1cc[n+](COCCCCCC)c1. The number of carboxylic acids is 1. The second-order valence-corrected chi connectivity index (χ2v) is 7.46. The number of ether oxygens (including phenoxy) is 1. The normalized spacial score (nSPS) is 10.5. The summed E-state index contributed by atoms with van der Waals surface area (Å²) >= 11 is 0. The van der Waals surface area contributed by atoms with E-state index < -0.39 is 5.97 Å². The molecule has 1 rings (SSSR count). The lowest BCUT2D eigenvalue weighted by Crippen LogP contribution is -2.32. The maximum atomic E-state index is 9.26. The van der Waals surface area contributed by atoms with Gasteiger partial charge in [-0.15, -0.1) is 0 Å². The highest BCUT2D eigenvalue weighted by Gasteiger charge is 2.03. The van der Waals surface area contributed by atoms with Gasteiger partial charge in [-0.05, 0) is 25.7 Å². The van der Waals surface area contributed by atoms with Crippen LogP contribution in [0.4, 0.5) is 0 Å².